The molecule has 3 rings (SSSR count). The zero-order valence-corrected chi connectivity index (χ0v) is 11.8. The minimum atomic E-state index is -0.353. The first-order chi connectivity index (χ1) is 9.61. The summed E-state index contributed by atoms with van der Waals surface area (Å²) in [5, 5.41) is 19.2. The van der Waals surface area contributed by atoms with Crippen molar-refractivity contribution in [3.05, 3.63) is 28.3 Å². The van der Waals surface area contributed by atoms with Crippen LogP contribution >= 0.6 is 11.6 Å². The maximum absolute atomic E-state index is 9.82. The Kier molecular flexibility index (Phi) is 3.28. The van der Waals surface area contributed by atoms with Gasteiger partial charge in [0.05, 0.1) is 28.4 Å². The lowest BCUT2D eigenvalue weighted by Gasteiger charge is -2.15. The van der Waals surface area contributed by atoms with Gasteiger partial charge in [-0.15, -0.1) is 0 Å². The number of aliphatic hydroxyl groups is 1. The fourth-order valence-electron chi connectivity index (χ4n) is 2.60. The summed E-state index contributed by atoms with van der Waals surface area (Å²) in [5.41, 5.74) is 1.88. The van der Waals surface area contributed by atoms with Crippen molar-refractivity contribution in [3.8, 4) is 6.07 Å². The quantitative estimate of drug-likeness (QED) is 0.859. The Bertz CT molecular complexity index is 624. The molecule has 2 atom stereocenters. The molecule has 2 aliphatic heterocycles. The summed E-state index contributed by atoms with van der Waals surface area (Å²) in [5.74, 6) is 0. The highest BCUT2D eigenvalue weighted by atomic mass is 35.5. The molecule has 0 bridgehead atoms. The number of amidine groups is 1. The number of nitrogens with zero attached hydrogens (tertiary/aromatic N) is 3. The van der Waals surface area contributed by atoms with Crippen LogP contribution in [0, 0.1) is 18.3 Å². The molecule has 20 heavy (non-hydrogen) atoms. The fourth-order valence-corrected chi connectivity index (χ4v) is 2.80. The number of nitriles is 1. The van der Waals surface area contributed by atoms with E-state index in [2.05, 4.69) is 4.99 Å². The number of fused-ring (bicyclic) bond motifs is 1. The highest BCUT2D eigenvalue weighted by Gasteiger charge is 2.41. The molecule has 0 saturated carbocycles. The zero-order valence-electron chi connectivity index (χ0n) is 11.0. The van der Waals surface area contributed by atoms with E-state index in [9.17, 15) is 5.11 Å². The molecule has 0 spiro atoms. The topological polar surface area (TPSA) is 68.8 Å². The van der Waals surface area contributed by atoms with Gasteiger partial charge < -0.3 is 14.7 Å². The summed E-state index contributed by atoms with van der Waals surface area (Å²) in [6, 6.07) is 5.98. The van der Waals surface area contributed by atoms with Gasteiger partial charge in [0.25, 0.3) is 6.02 Å². The first-order valence-corrected chi connectivity index (χ1v) is 6.85. The fraction of sp³-hybridized carbons (Fsp3) is 0.429. The number of halogens is 1. The average molecular weight is 292 g/mol. The molecular formula is C14H14ClN3O2. The van der Waals surface area contributed by atoms with Crippen LogP contribution < -0.4 is 0 Å². The van der Waals surface area contributed by atoms with E-state index in [1.807, 2.05) is 17.9 Å². The standard InChI is InChI=1S/C14H14ClN3O2/c1-8-10(3-2-9(6-16)13(8)15)17-14-18-5-4-12(19)11(18)7-20-14/h2-3,11-12,19H,4-5,7H2,1H3/b17-14-/t11-,12-/m1/s1. The Labute approximate surface area is 122 Å². The minimum absolute atomic E-state index is 0.00269. The van der Waals surface area contributed by atoms with Crippen molar-refractivity contribution in [1.29, 1.82) is 5.26 Å². The molecule has 0 aliphatic carbocycles. The van der Waals surface area contributed by atoms with Gasteiger partial charge in [0, 0.05) is 6.54 Å². The second-order valence-electron chi connectivity index (χ2n) is 5.01. The molecular weight excluding hydrogens is 278 g/mol. The van der Waals surface area contributed by atoms with Crippen LogP contribution in [0.3, 0.4) is 0 Å². The maximum Gasteiger partial charge on any atom is 0.293 e. The highest BCUT2D eigenvalue weighted by molar-refractivity contribution is 6.32. The molecule has 0 aromatic heterocycles. The lowest BCUT2D eigenvalue weighted by Crippen LogP contribution is -2.33. The van der Waals surface area contributed by atoms with Gasteiger partial charge in [-0.3, -0.25) is 0 Å². The summed E-state index contributed by atoms with van der Waals surface area (Å²) in [6.07, 6.45) is 0.383. The van der Waals surface area contributed by atoms with Crippen LogP contribution in [0.15, 0.2) is 17.1 Å². The van der Waals surface area contributed by atoms with Gasteiger partial charge in [-0.1, -0.05) is 11.6 Å². The molecule has 2 saturated heterocycles. The number of hydrogen-bond donors (Lipinski definition) is 1. The van der Waals surface area contributed by atoms with E-state index in [0.29, 0.717) is 28.9 Å². The van der Waals surface area contributed by atoms with Crippen LogP contribution in [0.4, 0.5) is 5.69 Å². The van der Waals surface area contributed by atoms with Crippen LogP contribution in [0.1, 0.15) is 17.5 Å². The average Bonchev–Trinajstić information content (AvgIpc) is 3.00. The normalized spacial score (nSPS) is 26.5. The van der Waals surface area contributed by atoms with Gasteiger partial charge >= 0.3 is 0 Å². The van der Waals surface area contributed by atoms with E-state index < -0.39 is 0 Å². The van der Waals surface area contributed by atoms with Gasteiger partial charge in [-0.05, 0) is 31.0 Å². The predicted octanol–water partition coefficient (Wildman–Crippen LogP) is 1.97. The summed E-state index contributed by atoms with van der Waals surface area (Å²) in [7, 11) is 0. The van der Waals surface area contributed by atoms with Crippen LogP contribution in [-0.2, 0) is 4.74 Å². The molecule has 2 heterocycles. The van der Waals surface area contributed by atoms with E-state index in [0.717, 1.165) is 18.5 Å². The van der Waals surface area contributed by atoms with Crippen molar-refractivity contribution in [3.63, 3.8) is 0 Å². The Morgan fingerprint density at radius 2 is 2.35 bits per heavy atom. The third-order valence-corrected chi connectivity index (χ3v) is 4.32. The minimum Gasteiger partial charge on any atom is -0.463 e. The Morgan fingerprint density at radius 1 is 1.55 bits per heavy atom. The summed E-state index contributed by atoms with van der Waals surface area (Å²) in [6.45, 7) is 3.03. The molecule has 2 aliphatic rings. The number of aliphatic imine (C=N–C) groups is 1. The summed E-state index contributed by atoms with van der Waals surface area (Å²) >= 11 is 6.13. The maximum atomic E-state index is 9.82. The van der Waals surface area contributed by atoms with Crippen LogP contribution in [-0.4, -0.2) is 41.3 Å². The number of hydrogen-bond acceptors (Lipinski definition) is 4. The predicted molar refractivity (Wildman–Crippen MR) is 75.1 cm³/mol. The first-order valence-electron chi connectivity index (χ1n) is 6.47. The number of rotatable bonds is 1. The molecule has 0 unspecified atom stereocenters. The van der Waals surface area contributed by atoms with Gasteiger partial charge in [0.2, 0.25) is 0 Å². The van der Waals surface area contributed by atoms with Crippen molar-refractivity contribution in [2.24, 2.45) is 4.99 Å². The van der Waals surface area contributed by atoms with E-state index in [-0.39, 0.29) is 12.1 Å². The van der Waals surface area contributed by atoms with Crippen LogP contribution in [0.2, 0.25) is 5.02 Å². The van der Waals surface area contributed by atoms with E-state index in [1.165, 1.54) is 0 Å². The Hall–Kier alpha value is -1.77. The molecule has 0 radical (unpaired) electrons. The first kappa shape index (κ1) is 13.2. The van der Waals surface area contributed by atoms with Gasteiger partial charge in [-0.25, -0.2) is 0 Å². The van der Waals surface area contributed by atoms with Gasteiger partial charge in [-0.2, -0.15) is 10.3 Å². The summed E-state index contributed by atoms with van der Waals surface area (Å²) in [4.78, 5) is 6.47. The number of aliphatic hydroxyl groups excluding tert-OH is 1. The van der Waals surface area contributed by atoms with E-state index in [4.69, 9.17) is 21.6 Å². The largest absolute Gasteiger partial charge is 0.463 e. The second-order valence-corrected chi connectivity index (χ2v) is 5.38. The smallest absolute Gasteiger partial charge is 0.293 e. The molecule has 2 fully saturated rings. The number of benzene rings is 1. The third-order valence-electron chi connectivity index (χ3n) is 3.83. The van der Waals surface area contributed by atoms with Crippen molar-refractivity contribution in [2.45, 2.75) is 25.5 Å². The monoisotopic (exact) mass is 291 g/mol. The highest BCUT2D eigenvalue weighted by Crippen LogP contribution is 2.31. The molecule has 1 N–H and O–H groups in total. The van der Waals surface area contributed by atoms with E-state index >= 15 is 0 Å². The van der Waals surface area contributed by atoms with Gasteiger partial charge in [0.1, 0.15) is 12.7 Å². The molecule has 6 heteroatoms. The summed E-state index contributed by atoms with van der Waals surface area (Å²) < 4.78 is 5.55. The van der Waals surface area contributed by atoms with Crippen molar-refractivity contribution >= 4 is 23.3 Å². The van der Waals surface area contributed by atoms with Gasteiger partial charge in [0.15, 0.2) is 0 Å². The second kappa shape index (κ2) is 4.97. The zero-order chi connectivity index (χ0) is 14.3. The Balaban J connectivity index is 1.94. The molecule has 5 nitrogen and oxygen atoms in total. The van der Waals surface area contributed by atoms with Crippen molar-refractivity contribution in [1.82, 2.24) is 4.90 Å². The van der Waals surface area contributed by atoms with E-state index in [1.54, 1.807) is 12.1 Å². The molecule has 0 amide bonds. The molecule has 1 aromatic carbocycles. The third kappa shape index (κ3) is 2.01. The lowest BCUT2D eigenvalue weighted by molar-refractivity contribution is 0.134. The Morgan fingerprint density at radius 3 is 3.10 bits per heavy atom. The SMILES string of the molecule is Cc1c(/N=C2\OC[C@@H]3[C@H](O)CCN23)ccc(C#N)c1Cl. The molecule has 1 aromatic rings. The lowest BCUT2D eigenvalue weighted by atomic mass is 10.1. The molecule has 104 valence electrons. The van der Waals surface area contributed by atoms with Crippen molar-refractivity contribution < 1.29 is 9.84 Å². The van der Waals surface area contributed by atoms with Crippen LogP contribution in [0.25, 0.3) is 0 Å². The van der Waals surface area contributed by atoms with Crippen LogP contribution in [0.5, 0.6) is 0 Å². The van der Waals surface area contributed by atoms with Crippen molar-refractivity contribution in [2.75, 3.05) is 13.2 Å². The number of ether oxygens (including phenoxy) is 1.